The molecule has 0 saturated heterocycles. The first-order chi connectivity index (χ1) is 32.7. The van der Waals surface area contributed by atoms with Crippen molar-refractivity contribution in [3.05, 3.63) is 0 Å². The van der Waals surface area contributed by atoms with Gasteiger partial charge in [-0.1, -0.05) is 206 Å². The molecular weight excluding hydrogens is 977 g/mol. The third-order valence-corrected chi connectivity index (χ3v) is 14.9. The number of carbonyl (C=O) groups is 1. The first kappa shape index (κ1) is 68.2. The molecule has 0 aromatic heterocycles. The summed E-state index contributed by atoms with van der Waals surface area (Å²) in [6, 6.07) is 0. The highest BCUT2D eigenvalue weighted by atomic mass is 32.3. The van der Waals surface area contributed by atoms with Gasteiger partial charge in [0.1, 0.15) is 6.29 Å². The van der Waals surface area contributed by atoms with E-state index in [2.05, 4.69) is 13.8 Å². The van der Waals surface area contributed by atoms with E-state index in [4.69, 9.17) is 25.8 Å². The molecular formula is C48H96O17S4. The van der Waals surface area contributed by atoms with E-state index in [1.165, 1.54) is 0 Å². The van der Waals surface area contributed by atoms with Crippen molar-refractivity contribution in [2.75, 3.05) is 0 Å². The Bertz CT molecular complexity index is 1660. The summed E-state index contributed by atoms with van der Waals surface area (Å²) in [4.78, 5) is 11.8. The molecule has 0 spiro atoms. The molecule has 21 heteroatoms. The fourth-order valence-electron chi connectivity index (χ4n) is 9.05. The molecule has 0 radical (unpaired) electrons. The molecule has 0 aromatic carbocycles. The van der Waals surface area contributed by atoms with Gasteiger partial charge in [0, 0.05) is 5.92 Å². The van der Waals surface area contributed by atoms with E-state index in [-0.39, 0.29) is 5.92 Å². The normalized spacial score (nSPS) is 15.0. The van der Waals surface area contributed by atoms with Crippen molar-refractivity contribution in [3.8, 4) is 0 Å². The fourth-order valence-corrected chi connectivity index (χ4v) is 11.2. The Hall–Kier alpha value is -0.850. The molecule has 0 saturated carbocycles. The lowest BCUT2D eigenvalue weighted by Gasteiger charge is -2.16. The SMILES string of the molecule is CCCCCC[C@H](CCCCCCCCC[C@H](CCCCCCC[C@H](C=O)CCCCC[C@@H](CCCCCCCCC[C@H](CCCCCC)OS(=O)(=O)O)OS(=O)(=O)O)OS(=O)(=O)O)OS(=O)(=O)O. The monoisotopic (exact) mass is 1070 g/mol. The first-order valence-corrected chi connectivity index (χ1v) is 32.2. The van der Waals surface area contributed by atoms with Gasteiger partial charge in [0.25, 0.3) is 0 Å². The van der Waals surface area contributed by atoms with Gasteiger partial charge in [0.2, 0.25) is 0 Å². The molecule has 0 aliphatic rings. The summed E-state index contributed by atoms with van der Waals surface area (Å²) in [6.45, 7) is 4.20. The molecule has 17 nitrogen and oxygen atoms in total. The van der Waals surface area contributed by atoms with Crippen LogP contribution in [0, 0.1) is 5.92 Å². The molecule has 0 amide bonds. The molecule has 0 aliphatic heterocycles. The average Bonchev–Trinajstić information content (AvgIpc) is 3.24. The standard InChI is InChI=1S/C48H96O17S4/c1-3-5-7-25-35-45(62-66(50,51)52)37-27-17-11-9-13-19-29-39-47(64-68(56,57)58)41-31-21-15-16-23-33-44(43-49)34-24-22-32-42-48(65-69(59,60)61)40-30-20-14-10-12-18-28-38-46(63-67(53,54)55)36-26-8-6-4-2/h43-48H,3-42H2,1-2H3,(H,50,51,52)(H,53,54,55)(H,56,57,58)(H,59,60,61)/t44-,45+,46-,47+,48+/m0/s1. The predicted molar refractivity (Wildman–Crippen MR) is 271 cm³/mol. The van der Waals surface area contributed by atoms with Gasteiger partial charge in [0.15, 0.2) is 0 Å². The minimum Gasteiger partial charge on any atom is -0.303 e. The molecule has 69 heavy (non-hydrogen) atoms. The van der Waals surface area contributed by atoms with Gasteiger partial charge < -0.3 is 4.79 Å². The molecule has 0 unspecified atom stereocenters. The molecule has 4 N–H and O–H groups in total. The molecule has 0 aliphatic carbocycles. The van der Waals surface area contributed by atoms with E-state index in [1.54, 1.807) is 0 Å². The second-order valence-electron chi connectivity index (χ2n) is 19.3. The minimum absolute atomic E-state index is 0.0607. The van der Waals surface area contributed by atoms with Crippen LogP contribution in [0.3, 0.4) is 0 Å². The Morgan fingerprint density at radius 1 is 0.290 bits per heavy atom. The van der Waals surface area contributed by atoms with Crippen LogP contribution in [0.15, 0.2) is 0 Å². The summed E-state index contributed by atoms with van der Waals surface area (Å²) in [5.74, 6) is -0.0607. The topological polar surface area (TPSA) is 271 Å². The summed E-state index contributed by atoms with van der Waals surface area (Å²) in [6.07, 6.45) is 32.0. The van der Waals surface area contributed by atoms with Crippen molar-refractivity contribution in [1.29, 1.82) is 0 Å². The Morgan fingerprint density at radius 2 is 0.449 bits per heavy atom. The molecule has 0 bridgehead atoms. The smallest absolute Gasteiger partial charge is 0.303 e. The predicted octanol–water partition coefficient (Wildman–Crippen LogP) is 13.2. The van der Waals surface area contributed by atoms with E-state index in [0.717, 1.165) is 205 Å². The van der Waals surface area contributed by atoms with E-state index in [0.29, 0.717) is 57.8 Å². The van der Waals surface area contributed by atoms with Crippen LogP contribution in [0.4, 0.5) is 0 Å². The average molecular weight is 1070 g/mol. The maximum absolute atomic E-state index is 11.8. The van der Waals surface area contributed by atoms with Crippen molar-refractivity contribution in [2.45, 2.75) is 295 Å². The third kappa shape index (κ3) is 50.5. The van der Waals surface area contributed by atoms with E-state index < -0.39 is 66.0 Å². The molecule has 0 rings (SSSR count). The molecule has 414 valence electrons. The maximum atomic E-state index is 11.8. The zero-order chi connectivity index (χ0) is 51.7. The van der Waals surface area contributed by atoms with Gasteiger partial charge in [-0.2, -0.15) is 33.7 Å². The zero-order valence-electron chi connectivity index (χ0n) is 42.5. The summed E-state index contributed by atoms with van der Waals surface area (Å²) >= 11 is 0. The highest BCUT2D eigenvalue weighted by Crippen LogP contribution is 2.24. The van der Waals surface area contributed by atoms with Crippen molar-refractivity contribution >= 4 is 47.9 Å². The van der Waals surface area contributed by atoms with Crippen molar-refractivity contribution in [3.63, 3.8) is 0 Å². The molecule has 0 aromatic rings. The second kappa shape index (κ2) is 42.5. The number of carbonyl (C=O) groups excluding carboxylic acids is 1. The van der Waals surface area contributed by atoms with Crippen LogP contribution in [0.25, 0.3) is 0 Å². The van der Waals surface area contributed by atoms with Gasteiger partial charge in [-0.3, -0.25) is 18.2 Å². The Morgan fingerprint density at radius 3 is 0.623 bits per heavy atom. The molecule has 5 atom stereocenters. The van der Waals surface area contributed by atoms with Gasteiger partial charge in [0.05, 0.1) is 24.4 Å². The fraction of sp³-hybridized carbons (Fsp3) is 0.979. The van der Waals surface area contributed by atoms with E-state index >= 15 is 0 Å². The summed E-state index contributed by atoms with van der Waals surface area (Å²) in [5.41, 5.74) is 0. The van der Waals surface area contributed by atoms with Gasteiger partial charge in [-0.05, 0) is 64.2 Å². The quantitative estimate of drug-likeness (QED) is 0.0250. The summed E-state index contributed by atoms with van der Waals surface area (Å²) in [7, 11) is -18.1. The minimum atomic E-state index is -4.58. The number of aldehydes is 1. The van der Waals surface area contributed by atoms with Gasteiger partial charge in [-0.25, -0.2) is 16.7 Å². The lowest BCUT2D eigenvalue weighted by atomic mass is 9.95. The second-order valence-corrected chi connectivity index (χ2v) is 23.5. The maximum Gasteiger partial charge on any atom is 0.397 e. The van der Waals surface area contributed by atoms with Crippen molar-refractivity contribution in [1.82, 2.24) is 0 Å². The Balaban J connectivity index is 4.29. The highest BCUT2D eigenvalue weighted by molar-refractivity contribution is 7.81. The number of hydrogen-bond donors (Lipinski definition) is 4. The number of hydrogen-bond acceptors (Lipinski definition) is 13. The van der Waals surface area contributed by atoms with E-state index in [1.807, 2.05) is 0 Å². The Labute approximate surface area is 420 Å². The third-order valence-electron chi connectivity index (χ3n) is 12.8. The van der Waals surface area contributed by atoms with Crippen LogP contribution in [0.2, 0.25) is 0 Å². The summed E-state index contributed by atoms with van der Waals surface area (Å²) < 4.78 is 148. The van der Waals surface area contributed by atoms with Crippen LogP contribution < -0.4 is 0 Å². The van der Waals surface area contributed by atoms with Crippen LogP contribution in [-0.4, -0.2) is 82.6 Å². The zero-order valence-corrected chi connectivity index (χ0v) is 45.7. The Kier molecular flexibility index (Phi) is 42.0. The lowest BCUT2D eigenvalue weighted by molar-refractivity contribution is -0.111. The highest BCUT2D eigenvalue weighted by Gasteiger charge is 2.20. The van der Waals surface area contributed by atoms with Crippen molar-refractivity contribution in [2.24, 2.45) is 5.92 Å². The molecule has 0 fully saturated rings. The molecule has 0 heterocycles. The number of rotatable bonds is 53. The van der Waals surface area contributed by atoms with E-state index in [9.17, 15) is 47.6 Å². The lowest BCUT2D eigenvalue weighted by Crippen LogP contribution is -2.18. The van der Waals surface area contributed by atoms with Crippen LogP contribution in [0.1, 0.15) is 271 Å². The van der Waals surface area contributed by atoms with Gasteiger partial charge >= 0.3 is 41.6 Å². The number of unbranched alkanes of at least 4 members (excludes halogenated alkanes) is 24. The van der Waals surface area contributed by atoms with Crippen LogP contribution in [-0.2, 0) is 63.1 Å². The largest absolute Gasteiger partial charge is 0.397 e. The first-order valence-electron chi connectivity index (χ1n) is 26.7. The van der Waals surface area contributed by atoms with Crippen molar-refractivity contribution < 1.29 is 73.4 Å². The van der Waals surface area contributed by atoms with Crippen LogP contribution in [0.5, 0.6) is 0 Å². The van der Waals surface area contributed by atoms with Crippen LogP contribution >= 0.6 is 0 Å². The van der Waals surface area contributed by atoms with Gasteiger partial charge in [-0.15, -0.1) is 0 Å². The summed E-state index contributed by atoms with van der Waals surface area (Å²) in [5, 5.41) is 0.